The van der Waals surface area contributed by atoms with Crippen LogP contribution in [0.4, 0.5) is 0 Å². The number of nitrogens with zero attached hydrogens (tertiary/aromatic N) is 2. The lowest BCUT2D eigenvalue weighted by molar-refractivity contribution is -0.131. The molecule has 0 saturated carbocycles. The number of hydrogen-bond donors (Lipinski definition) is 0. The van der Waals surface area contributed by atoms with Crippen LogP contribution >= 0.6 is 0 Å². The second-order valence-corrected chi connectivity index (χ2v) is 6.43. The zero-order valence-electron chi connectivity index (χ0n) is 15.2. The molecule has 0 aliphatic carbocycles. The van der Waals surface area contributed by atoms with Crippen LogP contribution in [-0.2, 0) is 16.0 Å². The average molecular weight is 356 g/mol. The van der Waals surface area contributed by atoms with Crippen LogP contribution in [0.5, 0.6) is 5.75 Å². The molecule has 0 atom stereocenters. The highest BCUT2D eigenvalue weighted by Crippen LogP contribution is 2.25. The molecule has 1 aliphatic heterocycles. The predicted octanol–water partition coefficient (Wildman–Crippen LogP) is 2.69. The van der Waals surface area contributed by atoms with Crippen molar-refractivity contribution in [2.75, 3.05) is 27.3 Å². The highest BCUT2D eigenvalue weighted by Gasteiger charge is 2.26. The summed E-state index contributed by atoms with van der Waals surface area (Å²) in [6.07, 6.45) is 3.93. The molecule has 0 radical (unpaired) electrons. The fourth-order valence-electron chi connectivity index (χ4n) is 3.45. The van der Waals surface area contributed by atoms with Crippen molar-refractivity contribution < 1.29 is 19.1 Å². The summed E-state index contributed by atoms with van der Waals surface area (Å²) in [6, 6.07) is 11.4. The highest BCUT2D eigenvalue weighted by molar-refractivity contribution is 5.87. The van der Waals surface area contributed by atoms with Gasteiger partial charge in [-0.25, -0.2) is 4.79 Å². The second-order valence-electron chi connectivity index (χ2n) is 6.43. The standard InChI is InChI=1S/C20H24N2O4/c1-25-17-6-3-5-15(13-17)14-19(23)21-11-8-16(9-12-21)22-10-4-7-18(22)20(24)26-2/h3-7,10,13,16H,8-9,11-12,14H2,1-2H3. The number of ether oxygens (including phenoxy) is 2. The summed E-state index contributed by atoms with van der Waals surface area (Å²) >= 11 is 0. The van der Waals surface area contributed by atoms with E-state index in [1.165, 1.54) is 7.11 Å². The number of hydrogen-bond acceptors (Lipinski definition) is 4. The smallest absolute Gasteiger partial charge is 0.354 e. The summed E-state index contributed by atoms with van der Waals surface area (Å²) in [7, 11) is 3.01. The molecular formula is C20H24N2O4. The van der Waals surface area contributed by atoms with Crippen molar-refractivity contribution in [3.8, 4) is 5.75 Å². The molecule has 0 unspecified atom stereocenters. The summed E-state index contributed by atoms with van der Waals surface area (Å²) in [5.41, 5.74) is 1.52. The molecule has 26 heavy (non-hydrogen) atoms. The summed E-state index contributed by atoms with van der Waals surface area (Å²) in [6.45, 7) is 1.37. The lowest BCUT2D eigenvalue weighted by Crippen LogP contribution is -2.40. The number of benzene rings is 1. The van der Waals surface area contributed by atoms with E-state index in [4.69, 9.17) is 9.47 Å². The lowest BCUT2D eigenvalue weighted by Gasteiger charge is -2.33. The molecule has 6 heteroatoms. The number of esters is 1. The van der Waals surface area contributed by atoms with Crippen LogP contribution in [-0.4, -0.2) is 48.7 Å². The van der Waals surface area contributed by atoms with Gasteiger partial charge in [-0.05, 0) is 42.7 Å². The number of aromatic nitrogens is 1. The van der Waals surface area contributed by atoms with Crippen molar-refractivity contribution in [2.45, 2.75) is 25.3 Å². The van der Waals surface area contributed by atoms with E-state index in [1.54, 1.807) is 13.2 Å². The van der Waals surface area contributed by atoms with Crippen molar-refractivity contribution in [3.63, 3.8) is 0 Å². The van der Waals surface area contributed by atoms with Gasteiger partial charge in [0.2, 0.25) is 5.91 Å². The van der Waals surface area contributed by atoms with Gasteiger partial charge in [0.15, 0.2) is 0 Å². The molecule has 0 bridgehead atoms. The van der Waals surface area contributed by atoms with Crippen LogP contribution in [0.1, 0.15) is 34.9 Å². The Labute approximate surface area is 153 Å². The predicted molar refractivity (Wildman–Crippen MR) is 97.3 cm³/mol. The third-order valence-corrected chi connectivity index (χ3v) is 4.87. The van der Waals surface area contributed by atoms with Gasteiger partial charge in [0, 0.05) is 25.3 Å². The molecule has 0 spiro atoms. The molecule has 1 saturated heterocycles. The Kier molecular flexibility index (Phi) is 5.61. The quantitative estimate of drug-likeness (QED) is 0.773. The number of likely N-dealkylation sites (tertiary alicyclic amines) is 1. The Morgan fingerprint density at radius 3 is 2.58 bits per heavy atom. The van der Waals surface area contributed by atoms with E-state index >= 15 is 0 Å². The van der Waals surface area contributed by atoms with Gasteiger partial charge in [-0.1, -0.05) is 12.1 Å². The Bertz CT molecular complexity index is 776. The summed E-state index contributed by atoms with van der Waals surface area (Å²) < 4.78 is 12.0. The maximum Gasteiger partial charge on any atom is 0.354 e. The topological polar surface area (TPSA) is 60.8 Å². The van der Waals surface area contributed by atoms with Gasteiger partial charge >= 0.3 is 5.97 Å². The first-order valence-corrected chi connectivity index (χ1v) is 8.78. The molecular weight excluding hydrogens is 332 g/mol. The monoisotopic (exact) mass is 356 g/mol. The van der Waals surface area contributed by atoms with Crippen molar-refractivity contribution in [1.29, 1.82) is 0 Å². The van der Waals surface area contributed by atoms with E-state index in [2.05, 4.69) is 0 Å². The minimum absolute atomic E-state index is 0.123. The molecule has 1 fully saturated rings. The van der Waals surface area contributed by atoms with E-state index < -0.39 is 0 Å². The van der Waals surface area contributed by atoms with E-state index in [-0.39, 0.29) is 17.9 Å². The fourth-order valence-corrected chi connectivity index (χ4v) is 3.45. The van der Waals surface area contributed by atoms with E-state index in [0.29, 0.717) is 25.2 Å². The third-order valence-electron chi connectivity index (χ3n) is 4.87. The van der Waals surface area contributed by atoms with Crippen molar-refractivity contribution in [2.24, 2.45) is 0 Å². The largest absolute Gasteiger partial charge is 0.497 e. The number of methoxy groups -OCH3 is 2. The molecule has 3 rings (SSSR count). The van der Waals surface area contributed by atoms with Crippen LogP contribution in [0, 0.1) is 0 Å². The molecule has 2 heterocycles. The normalized spacial score (nSPS) is 14.9. The van der Waals surface area contributed by atoms with E-state index in [9.17, 15) is 9.59 Å². The Morgan fingerprint density at radius 2 is 1.88 bits per heavy atom. The van der Waals surface area contributed by atoms with Gasteiger partial charge in [-0.2, -0.15) is 0 Å². The minimum atomic E-state index is -0.327. The maximum absolute atomic E-state index is 12.6. The zero-order valence-corrected chi connectivity index (χ0v) is 15.2. The van der Waals surface area contributed by atoms with Crippen LogP contribution < -0.4 is 4.74 Å². The molecule has 1 amide bonds. The average Bonchev–Trinajstić information content (AvgIpc) is 3.17. The van der Waals surface area contributed by atoms with Gasteiger partial charge in [0.05, 0.1) is 20.6 Å². The van der Waals surface area contributed by atoms with E-state index in [0.717, 1.165) is 24.2 Å². The Balaban J connectivity index is 1.59. The number of amides is 1. The van der Waals surface area contributed by atoms with Gasteiger partial charge in [-0.15, -0.1) is 0 Å². The van der Waals surface area contributed by atoms with Crippen molar-refractivity contribution in [1.82, 2.24) is 9.47 Å². The molecule has 138 valence electrons. The van der Waals surface area contributed by atoms with Gasteiger partial charge < -0.3 is 18.9 Å². The molecule has 1 aromatic heterocycles. The summed E-state index contributed by atoms with van der Waals surface area (Å²) in [5.74, 6) is 0.556. The van der Waals surface area contributed by atoms with Gasteiger partial charge in [0.25, 0.3) is 0 Å². The lowest BCUT2D eigenvalue weighted by atomic mass is 10.0. The van der Waals surface area contributed by atoms with Crippen LogP contribution in [0.2, 0.25) is 0 Å². The van der Waals surface area contributed by atoms with Crippen LogP contribution in [0.25, 0.3) is 0 Å². The molecule has 0 N–H and O–H groups in total. The number of rotatable bonds is 5. The molecule has 1 aliphatic rings. The Hall–Kier alpha value is -2.76. The highest BCUT2D eigenvalue weighted by atomic mass is 16.5. The SMILES string of the molecule is COC(=O)c1cccn1C1CCN(C(=O)Cc2cccc(OC)c2)CC1. The zero-order chi connectivity index (χ0) is 18.5. The number of piperidine rings is 1. The van der Waals surface area contributed by atoms with Crippen LogP contribution in [0.15, 0.2) is 42.6 Å². The van der Waals surface area contributed by atoms with E-state index in [1.807, 2.05) is 46.0 Å². The van der Waals surface area contributed by atoms with Crippen molar-refractivity contribution in [3.05, 3.63) is 53.9 Å². The van der Waals surface area contributed by atoms with Crippen molar-refractivity contribution >= 4 is 11.9 Å². The minimum Gasteiger partial charge on any atom is -0.497 e. The molecule has 1 aromatic carbocycles. The first-order valence-electron chi connectivity index (χ1n) is 8.78. The maximum atomic E-state index is 12.6. The number of carbonyl (C=O) groups excluding carboxylic acids is 2. The van der Waals surface area contributed by atoms with Gasteiger partial charge in [-0.3, -0.25) is 4.79 Å². The third kappa shape index (κ3) is 3.90. The Morgan fingerprint density at radius 1 is 1.12 bits per heavy atom. The van der Waals surface area contributed by atoms with Crippen LogP contribution in [0.3, 0.4) is 0 Å². The van der Waals surface area contributed by atoms with Gasteiger partial charge in [0.1, 0.15) is 11.4 Å². The summed E-state index contributed by atoms with van der Waals surface area (Å²) in [4.78, 5) is 26.3. The molecule has 6 nitrogen and oxygen atoms in total. The molecule has 2 aromatic rings. The fraction of sp³-hybridized carbons (Fsp3) is 0.400. The summed E-state index contributed by atoms with van der Waals surface area (Å²) in [5, 5.41) is 0. The first-order chi connectivity index (χ1) is 12.6. The number of carbonyl (C=O) groups is 2. The first kappa shape index (κ1) is 18.0. The second kappa shape index (κ2) is 8.08.